The topological polar surface area (TPSA) is 78.4 Å². The van der Waals surface area contributed by atoms with Gasteiger partial charge in [0.05, 0.1) is 6.04 Å². The van der Waals surface area contributed by atoms with Crippen LogP contribution in [0.2, 0.25) is 0 Å². The van der Waals surface area contributed by atoms with E-state index in [2.05, 4.69) is 10.6 Å². The number of aliphatic hydroxyl groups is 1. The standard InChI is InChI=1S/C20H24N2O3/c1-14-10-11-17(13-15(14)2)21-19(24)20(25)22-18(9-6-12-23)16-7-4-3-5-8-16/h3-5,7-8,10-11,13,18,23H,6,9,12H2,1-2H3,(H,21,24)(H,22,25). The molecule has 0 saturated heterocycles. The third-order valence-corrected chi connectivity index (χ3v) is 4.13. The fourth-order valence-corrected chi connectivity index (χ4v) is 2.53. The van der Waals surface area contributed by atoms with Crippen molar-refractivity contribution in [2.75, 3.05) is 11.9 Å². The smallest absolute Gasteiger partial charge is 0.313 e. The summed E-state index contributed by atoms with van der Waals surface area (Å²) in [6.07, 6.45) is 1.10. The lowest BCUT2D eigenvalue weighted by atomic mass is 10.0. The van der Waals surface area contributed by atoms with E-state index in [-0.39, 0.29) is 12.6 Å². The highest BCUT2D eigenvalue weighted by molar-refractivity contribution is 6.39. The molecule has 0 bridgehead atoms. The second-order valence-corrected chi connectivity index (χ2v) is 6.06. The number of nitrogens with one attached hydrogen (secondary N) is 2. The van der Waals surface area contributed by atoms with Crippen LogP contribution < -0.4 is 10.6 Å². The number of carbonyl (C=O) groups is 2. The quantitative estimate of drug-likeness (QED) is 0.708. The Balaban J connectivity index is 2.03. The number of carbonyl (C=O) groups excluding carboxylic acids is 2. The fraction of sp³-hybridized carbons (Fsp3) is 0.300. The maximum atomic E-state index is 12.3. The maximum absolute atomic E-state index is 12.3. The molecule has 1 unspecified atom stereocenters. The molecule has 0 spiro atoms. The molecule has 3 N–H and O–H groups in total. The third kappa shape index (κ3) is 5.43. The first kappa shape index (κ1) is 18.7. The van der Waals surface area contributed by atoms with Gasteiger partial charge in [-0.15, -0.1) is 0 Å². The summed E-state index contributed by atoms with van der Waals surface area (Å²) < 4.78 is 0. The molecular weight excluding hydrogens is 316 g/mol. The van der Waals surface area contributed by atoms with Crippen LogP contribution in [0.1, 0.15) is 35.6 Å². The number of hydrogen-bond acceptors (Lipinski definition) is 3. The highest BCUT2D eigenvalue weighted by Crippen LogP contribution is 2.18. The first-order valence-electron chi connectivity index (χ1n) is 8.36. The minimum absolute atomic E-state index is 0.0358. The van der Waals surface area contributed by atoms with Gasteiger partial charge in [-0.05, 0) is 55.5 Å². The molecular formula is C20H24N2O3. The molecule has 5 heteroatoms. The van der Waals surface area contributed by atoms with Crippen molar-refractivity contribution in [1.82, 2.24) is 5.32 Å². The first-order valence-corrected chi connectivity index (χ1v) is 8.36. The van der Waals surface area contributed by atoms with E-state index in [9.17, 15) is 9.59 Å². The number of aliphatic hydroxyl groups excluding tert-OH is 1. The lowest BCUT2D eigenvalue weighted by Gasteiger charge is -2.18. The summed E-state index contributed by atoms with van der Waals surface area (Å²) in [6, 6.07) is 14.6. The monoisotopic (exact) mass is 340 g/mol. The molecule has 0 aliphatic heterocycles. The van der Waals surface area contributed by atoms with Crippen molar-refractivity contribution in [3.05, 3.63) is 65.2 Å². The van der Waals surface area contributed by atoms with Crippen molar-refractivity contribution in [3.8, 4) is 0 Å². The van der Waals surface area contributed by atoms with Crippen LogP contribution in [0.4, 0.5) is 5.69 Å². The maximum Gasteiger partial charge on any atom is 0.313 e. The largest absolute Gasteiger partial charge is 0.396 e. The van der Waals surface area contributed by atoms with Gasteiger partial charge in [0, 0.05) is 12.3 Å². The Kier molecular flexibility index (Phi) is 6.71. The molecule has 25 heavy (non-hydrogen) atoms. The molecule has 0 radical (unpaired) electrons. The van der Waals surface area contributed by atoms with Crippen molar-refractivity contribution in [3.63, 3.8) is 0 Å². The molecule has 0 aromatic heterocycles. The van der Waals surface area contributed by atoms with Gasteiger partial charge in [0.2, 0.25) is 0 Å². The molecule has 132 valence electrons. The molecule has 0 aliphatic carbocycles. The van der Waals surface area contributed by atoms with Crippen LogP contribution in [-0.4, -0.2) is 23.5 Å². The minimum Gasteiger partial charge on any atom is -0.396 e. The summed E-state index contributed by atoms with van der Waals surface area (Å²) in [5, 5.41) is 14.4. The van der Waals surface area contributed by atoms with Crippen LogP contribution in [0, 0.1) is 13.8 Å². The highest BCUT2D eigenvalue weighted by atomic mass is 16.3. The van der Waals surface area contributed by atoms with E-state index in [1.165, 1.54) is 0 Å². The third-order valence-electron chi connectivity index (χ3n) is 4.13. The van der Waals surface area contributed by atoms with Gasteiger partial charge in [0.15, 0.2) is 0 Å². The Morgan fingerprint density at radius 3 is 2.36 bits per heavy atom. The Hall–Kier alpha value is -2.66. The van der Waals surface area contributed by atoms with Crippen LogP contribution in [0.25, 0.3) is 0 Å². The van der Waals surface area contributed by atoms with Crippen LogP contribution in [0.3, 0.4) is 0 Å². The summed E-state index contributed by atoms with van der Waals surface area (Å²) in [6.45, 7) is 3.97. The highest BCUT2D eigenvalue weighted by Gasteiger charge is 2.20. The lowest BCUT2D eigenvalue weighted by Crippen LogP contribution is -2.38. The molecule has 0 aliphatic rings. The molecule has 0 heterocycles. The molecule has 2 aromatic carbocycles. The van der Waals surface area contributed by atoms with Crippen LogP contribution in [0.15, 0.2) is 48.5 Å². The average molecular weight is 340 g/mol. The Bertz CT molecular complexity index is 729. The van der Waals surface area contributed by atoms with E-state index in [1.54, 1.807) is 6.07 Å². The number of benzene rings is 2. The van der Waals surface area contributed by atoms with E-state index in [1.807, 2.05) is 56.3 Å². The van der Waals surface area contributed by atoms with Crippen LogP contribution in [-0.2, 0) is 9.59 Å². The van der Waals surface area contributed by atoms with E-state index >= 15 is 0 Å². The number of rotatable bonds is 6. The second-order valence-electron chi connectivity index (χ2n) is 6.06. The Morgan fingerprint density at radius 1 is 1.00 bits per heavy atom. The van der Waals surface area contributed by atoms with Crippen LogP contribution >= 0.6 is 0 Å². The van der Waals surface area contributed by atoms with Crippen molar-refractivity contribution >= 4 is 17.5 Å². The van der Waals surface area contributed by atoms with E-state index < -0.39 is 11.8 Å². The van der Waals surface area contributed by atoms with E-state index in [0.717, 1.165) is 16.7 Å². The van der Waals surface area contributed by atoms with E-state index in [0.29, 0.717) is 18.5 Å². The zero-order chi connectivity index (χ0) is 18.2. The van der Waals surface area contributed by atoms with Gasteiger partial charge in [-0.2, -0.15) is 0 Å². The fourth-order valence-electron chi connectivity index (χ4n) is 2.53. The summed E-state index contributed by atoms with van der Waals surface area (Å²) in [5.41, 5.74) is 3.66. The molecule has 1 atom stereocenters. The summed E-state index contributed by atoms with van der Waals surface area (Å²) in [4.78, 5) is 24.4. The summed E-state index contributed by atoms with van der Waals surface area (Å²) >= 11 is 0. The number of anilines is 1. The van der Waals surface area contributed by atoms with Gasteiger partial charge in [0.1, 0.15) is 0 Å². The van der Waals surface area contributed by atoms with Crippen LogP contribution in [0.5, 0.6) is 0 Å². The predicted octanol–water partition coefficient (Wildman–Crippen LogP) is 2.87. The summed E-state index contributed by atoms with van der Waals surface area (Å²) in [7, 11) is 0. The van der Waals surface area contributed by atoms with Gasteiger partial charge < -0.3 is 15.7 Å². The predicted molar refractivity (Wildman–Crippen MR) is 98.2 cm³/mol. The zero-order valence-electron chi connectivity index (χ0n) is 14.6. The molecule has 2 rings (SSSR count). The first-order chi connectivity index (χ1) is 12.0. The molecule has 2 amide bonds. The number of amides is 2. The number of hydrogen-bond donors (Lipinski definition) is 3. The Labute approximate surface area is 148 Å². The molecule has 0 saturated carbocycles. The average Bonchev–Trinajstić information content (AvgIpc) is 2.62. The van der Waals surface area contributed by atoms with Crippen molar-refractivity contribution in [2.24, 2.45) is 0 Å². The van der Waals surface area contributed by atoms with Crippen molar-refractivity contribution in [2.45, 2.75) is 32.7 Å². The van der Waals surface area contributed by atoms with Gasteiger partial charge in [-0.3, -0.25) is 9.59 Å². The molecule has 0 fully saturated rings. The van der Waals surface area contributed by atoms with Crippen molar-refractivity contribution < 1.29 is 14.7 Å². The number of aryl methyl sites for hydroxylation is 2. The minimum atomic E-state index is -0.701. The SMILES string of the molecule is Cc1ccc(NC(=O)C(=O)NC(CCCO)c2ccccc2)cc1C. The second kappa shape index (κ2) is 8.99. The van der Waals surface area contributed by atoms with Gasteiger partial charge in [0.25, 0.3) is 0 Å². The Morgan fingerprint density at radius 2 is 1.72 bits per heavy atom. The zero-order valence-corrected chi connectivity index (χ0v) is 14.6. The van der Waals surface area contributed by atoms with Gasteiger partial charge in [-0.1, -0.05) is 36.4 Å². The normalized spacial score (nSPS) is 11.6. The van der Waals surface area contributed by atoms with Gasteiger partial charge >= 0.3 is 11.8 Å². The lowest BCUT2D eigenvalue weighted by molar-refractivity contribution is -0.136. The van der Waals surface area contributed by atoms with Gasteiger partial charge in [-0.25, -0.2) is 0 Å². The molecule has 2 aromatic rings. The van der Waals surface area contributed by atoms with E-state index in [4.69, 9.17) is 5.11 Å². The summed E-state index contributed by atoms with van der Waals surface area (Å²) in [5.74, 6) is -1.39. The van der Waals surface area contributed by atoms with Crippen molar-refractivity contribution in [1.29, 1.82) is 0 Å². The molecule has 5 nitrogen and oxygen atoms in total.